The third kappa shape index (κ3) is 3.74. The number of aliphatic hydroxyl groups excluding tert-OH is 1. The molecule has 1 aliphatic rings. The van der Waals surface area contributed by atoms with Crippen molar-refractivity contribution in [2.45, 2.75) is 58.2 Å². The van der Waals surface area contributed by atoms with E-state index in [4.69, 9.17) is 4.74 Å². The Balaban J connectivity index is 1.93. The summed E-state index contributed by atoms with van der Waals surface area (Å²) in [4.78, 5) is 0. The maximum Gasteiger partial charge on any atom is 0.119 e. The van der Waals surface area contributed by atoms with Gasteiger partial charge in [-0.1, -0.05) is 25.5 Å². The van der Waals surface area contributed by atoms with Crippen LogP contribution in [0.1, 0.15) is 45.1 Å². The summed E-state index contributed by atoms with van der Waals surface area (Å²) in [6.45, 7) is 4.10. The molecule has 0 bridgehead atoms. The van der Waals surface area contributed by atoms with Crippen molar-refractivity contribution in [3.63, 3.8) is 0 Å². The first-order chi connectivity index (χ1) is 8.65. The summed E-state index contributed by atoms with van der Waals surface area (Å²) in [5, 5.41) is 9.34. The smallest absolute Gasteiger partial charge is 0.119 e. The summed E-state index contributed by atoms with van der Waals surface area (Å²) >= 11 is 0. The van der Waals surface area contributed by atoms with Gasteiger partial charge in [0.15, 0.2) is 0 Å². The molecular formula is C16H24O2. The van der Waals surface area contributed by atoms with Crippen LogP contribution in [0.5, 0.6) is 5.75 Å². The van der Waals surface area contributed by atoms with E-state index >= 15 is 0 Å². The van der Waals surface area contributed by atoms with Gasteiger partial charge in [-0.2, -0.15) is 0 Å². The van der Waals surface area contributed by atoms with Gasteiger partial charge in [0, 0.05) is 0 Å². The van der Waals surface area contributed by atoms with Crippen molar-refractivity contribution in [1.82, 2.24) is 0 Å². The van der Waals surface area contributed by atoms with E-state index in [2.05, 4.69) is 19.1 Å². The molecule has 0 saturated heterocycles. The third-order valence-electron chi connectivity index (χ3n) is 3.77. The largest absolute Gasteiger partial charge is 0.490 e. The van der Waals surface area contributed by atoms with E-state index in [1.165, 1.54) is 25.7 Å². The van der Waals surface area contributed by atoms with Crippen LogP contribution >= 0.6 is 0 Å². The summed E-state index contributed by atoms with van der Waals surface area (Å²) in [5.41, 5.74) is 1.16. The highest BCUT2D eigenvalue weighted by Crippen LogP contribution is 2.28. The van der Waals surface area contributed by atoms with E-state index < -0.39 is 0 Å². The van der Waals surface area contributed by atoms with E-state index in [0.717, 1.165) is 11.3 Å². The lowest BCUT2D eigenvalue weighted by molar-refractivity contribution is 0.102. The number of hydrogen-bond acceptors (Lipinski definition) is 2. The minimum absolute atomic E-state index is 0.282. The molecule has 100 valence electrons. The van der Waals surface area contributed by atoms with Crippen LogP contribution in [-0.2, 0) is 6.42 Å². The molecule has 2 rings (SSSR count). The minimum Gasteiger partial charge on any atom is -0.490 e. The molecular weight excluding hydrogens is 224 g/mol. The lowest BCUT2D eigenvalue weighted by atomic mass is 9.88. The Morgan fingerprint density at radius 1 is 1.22 bits per heavy atom. The Morgan fingerprint density at radius 3 is 2.50 bits per heavy atom. The van der Waals surface area contributed by atoms with Crippen LogP contribution in [0, 0.1) is 5.92 Å². The molecule has 0 aromatic heterocycles. The molecule has 1 aromatic rings. The van der Waals surface area contributed by atoms with E-state index in [0.29, 0.717) is 18.4 Å². The van der Waals surface area contributed by atoms with Crippen molar-refractivity contribution in [2.75, 3.05) is 0 Å². The molecule has 1 unspecified atom stereocenters. The minimum atomic E-state index is -0.282. The number of ether oxygens (including phenoxy) is 1. The standard InChI is InChI=1S/C16H24O2/c1-12-5-3-4-6-16(12)18-15-9-7-14(8-10-15)11-13(2)17/h7-10,12-13,16-17H,3-6,11H2,1-2H3/t12-,13?,16-/m1/s1. The fourth-order valence-corrected chi connectivity index (χ4v) is 2.68. The van der Waals surface area contributed by atoms with Crippen LogP contribution in [0.15, 0.2) is 24.3 Å². The van der Waals surface area contributed by atoms with Gasteiger partial charge in [-0.25, -0.2) is 0 Å². The predicted molar refractivity (Wildman–Crippen MR) is 73.9 cm³/mol. The van der Waals surface area contributed by atoms with Crippen LogP contribution in [0.3, 0.4) is 0 Å². The highest BCUT2D eigenvalue weighted by atomic mass is 16.5. The molecule has 1 aromatic carbocycles. The zero-order valence-corrected chi connectivity index (χ0v) is 11.4. The topological polar surface area (TPSA) is 29.5 Å². The lowest BCUT2D eigenvalue weighted by Gasteiger charge is -2.29. The van der Waals surface area contributed by atoms with Crippen LogP contribution in [-0.4, -0.2) is 17.3 Å². The second kappa shape index (κ2) is 6.24. The SMILES string of the molecule is CC(O)Cc1ccc(O[C@@H]2CCCC[C@H]2C)cc1. The van der Waals surface area contributed by atoms with Gasteiger partial charge >= 0.3 is 0 Å². The summed E-state index contributed by atoms with van der Waals surface area (Å²) in [7, 11) is 0. The van der Waals surface area contributed by atoms with Gasteiger partial charge in [-0.05, 0) is 56.2 Å². The number of benzene rings is 1. The van der Waals surface area contributed by atoms with Gasteiger partial charge in [0.1, 0.15) is 11.9 Å². The van der Waals surface area contributed by atoms with Crippen molar-refractivity contribution < 1.29 is 9.84 Å². The summed E-state index contributed by atoms with van der Waals surface area (Å²) in [5.74, 6) is 1.62. The Morgan fingerprint density at radius 2 is 1.89 bits per heavy atom. The van der Waals surface area contributed by atoms with E-state index in [1.807, 2.05) is 19.1 Å². The maximum absolute atomic E-state index is 9.34. The maximum atomic E-state index is 9.34. The Hall–Kier alpha value is -1.02. The average Bonchev–Trinajstić information content (AvgIpc) is 2.34. The summed E-state index contributed by atoms with van der Waals surface area (Å²) in [6, 6.07) is 8.16. The molecule has 0 amide bonds. The quantitative estimate of drug-likeness (QED) is 0.882. The van der Waals surface area contributed by atoms with Crippen LogP contribution in [0.4, 0.5) is 0 Å². The molecule has 0 aliphatic heterocycles. The zero-order chi connectivity index (χ0) is 13.0. The molecule has 18 heavy (non-hydrogen) atoms. The number of hydrogen-bond donors (Lipinski definition) is 1. The lowest BCUT2D eigenvalue weighted by Crippen LogP contribution is -2.28. The molecule has 1 aliphatic carbocycles. The summed E-state index contributed by atoms with van der Waals surface area (Å²) in [6.07, 6.45) is 5.89. The van der Waals surface area contributed by atoms with Gasteiger partial charge in [0.05, 0.1) is 6.10 Å². The first-order valence-corrected chi connectivity index (χ1v) is 7.09. The van der Waals surface area contributed by atoms with Crippen LogP contribution in [0.25, 0.3) is 0 Å². The van der Waals surface area contributed by atoms with Gasteiger partial charge < -0.3 is 9.84 Å². The van der Waals surface area contributed by atoms with Gasteiger partial charge in [-0.3, -0.25) is 0 Å². The second-order valence-electron chi connectivity index (χ2n) is 5.62. The third-order valence-corrected chi connectivity index (χ3v) is 3.77. The molecule has 2 heteroatoms. The van der Waals surface area contributed by atoms with E-state index in [1.54, 1.807) is 0 Å². The first-order valence-electron chi connectivity index (χ1n) is 7.09. The molecule has 0 radical (unpaired) electrons. The zero-order valence-electron chi connectivity index (χ0n) is 11.4. The van der Waals surface area contributed by atoms with Gasteiger partial charge in [0.25, 0.3) is 0 Å². The van der Waals surface area contributed by atoms with Gasteiger partial charge in [0.2, 0.25) is 0 Å². The predicted octanol–water partition coefficient (Wildman–Crippen LogP) is 3.57. The Bertz CT molecular complexity index is 356. The molecule has 1 fully saturated rings. The van der Waals surface area contributed by atoms with Crippen LogP contribution < -0.4 is 4.74 Å². The van der Waals surface area contributed by atoms with E-state index in [9.17, 15) is 5.11 Å². The highest BCUT2D eigenvalue weighted by molar-refractivity contribution is 5.27. The molecule has 1 N–H and O–H groups in total. The Labute approximate surface area is 110 Å². The van der Waals surface area contributed by atoms with Gasteiger partial charge in [-0.15, -0.1) is 0 Å². The first kappa shape index (κ1) is 13.4. The van der Waals surface area contributed by atoms with Crippen molar-refractivity contribution >= 4 is 0 Å². The second-order valence-corrected chi connectivity index (χ2v) is 5.62. The average molecular weight is 248 g/mol. The number of rotatable bonds is 4. The van der Waals surface area contributed by atoms with Crippen molar-refractivity contribution in [3.05, 3.63) is 29.8 Å². The molecule has 2 nitrogen and oxygen atoms in total. The van der Waals surface area contributed by atoms with Crippen LogP contribution in [0.2, 0.25) is 0 Å². The molecule has 1 saturated carbocycles. The summed E-state index contributed by atoms with van der Waals surface area (Å²) < 4.78 is 6.07. The van der Waals surface area contributed by atoms with Crippen molar-refractivity contribution in [1.29, 1.82) is 0 Å². The van der Waals surface area contributed by atoms with Crippen molar-refractivity contribution in [2.24, 2.45) is 5.92 Å². The number of aliphatic hydroxyl groups is 1. The van der Waals surface area contributed by atoms with Crippen molar-refractivity contribution in [3.8, 4) is 5.75 Å². The highest BCUT2D eigenvalue weighted by Gasteiger charge is 2.22. The fourth-order valence-electron chi connectivity index (χ4n) is 2.68. The molecule has 0 spiro atoms. The normalized spacial score (nSPS) is 25.7. The molecule has 3 atom stereocenters. The monoisotopic (exact) mass is 248 g/mol. The van der Waals surface area contributed by atoms with E-state index in [-0.39, 0.29) is 6.10 Å². The molecule has 0 heterocycles. The Kier molecular flexibility index (Phi) is 4.65. The fraction of sp³-hybridized carbons (Fsp3) is 0.625.